The van der Waals surface area contributed by atoms with Gasteiger partial charge in [0.05, 0.1) is 29.1 Å². The van der Waals surface area contributed by atoms with Crippen LogP contribution >= 0.6 is 0 Å². The highest BCUT2D eigenvalue weighted by molar-refractivity contribution is 6.34. The molecule has 0 aliphatic carbocycles. The van der Waals surface area contributed by atoms with Gasteiger partial charge in [-0.3, -0.25) is 19.4 Å². The molecule has 0 unspecified atom stereocenters. The van der Waals surface area contributed by atoms with Crippen LogP contribution in [0.15, 0.2) is 66.9 Å². The highest BCUT2D eigenvalue weighted by Gasteiger charge is 2.37. The first-order chi connectivity index (χ1) is 13.5. The normalized spacial score (nSPS) is 12.8. The Morgan fingerprint density at radius 3 is 2.43 bits per heavy atom. The number of halogens is 1. The highest BCUT2D eigenvalue weighted by atomic mass is 19.1. The first kappa shape index (κ1) is 17.5. The van der Waals surface area contributed by atoms with Crippen LogP contribution in [-0.2, 0) is 6.54 Å². The standard InChI is InChI=1S/C21H14FN3O3/c22-14-5-7-16(8-6-14)25-20(27)17-9-4-13(11-18(17)21(25)28)19(26)24-12-15-3-1-2-10-23-15/h1-11H,12H2,(H,24,26). The lowest BCUT2D eigenvalue weighted by Gasteiger charge is -2.13. The van der Waals surface area contributed by atoms with Gasteiger partial charge < -0.3 is 5.32 Å². The molecule has 0 spiro atoms. The fourth-order valence-electron chi connectivity index (χ4n) is 2.98. The van der Waals surface area contributed by atoms with Gasteiger partial charge in [0.25, 0.3) is 17.7 Å². The Balaban J connectivity index is 1.56. The van der Waals surface area contributed by atoms with Crippen LogP contribution in [-0.4, -0.2) is 22.7 Å². The maximum absolute atomic E-state index is 13.1. The number of hydrogen-bond donors (Lipinski definition) is 1. The van der Waals surface area contributed by atoms with Gasteiger partial charge in [-0.25, -0.2) is 9.29 Å². The van der Waals surface area contributed by atoms with Crippen LogP contribution in [0.3, 0.4) is 0 Å². The van der Waals surface area contributed by atoms with Crippen LogP contribution in [0.2, 0.25) is 0 Å². The second kappa shape index (κ2) is 7.03. The minimum absolute atomic E-state index is 0.139. The SMILES string of the molecule is O=C(NCc1ccccn1)c1ccc2c(c1)C(=O)N(c1ccc(F)cc1)C2=O. The van der Waals surface area contributed by atoms with E-state index >= 15 is 0 Å². The van der Waals surface area contributed by atoms with E-state index in [1.54, 1.807) is 18.3 Å². The van der Waals surface area contributed by atoms with E-state index in [-0.39, 0.29) is 34.8 Å². The number of pyridine rings is 1. The summed E-state index contributed by atoms with van der Waals surface area (Å²) in [5.41, 5.74) is 1.58. The molecule has 138 valence electrons. The smallest absolute Gasteiger partial charge is 0.266 e. The fraction of sp³-hybridized carbons (Fsp3) is 0.0476. The predicted molar refractivity (Wildman–Crippen MR) is 99.4 cm³/mol. The van der Waals surface area contributed by atoms with Gasteiger partial charge in [0, 0.05) is 11.8 Å². The van der Waals surface area contributed by atoms with E-state index in [9.17, 15) is 18.8 Å². The largest absolute Gasteiger partial charge is 0.346 e. The van der Waals surface area contributed by atoms with Crippen molar-refractivity contribution in [2.75, 3.05) is 4.90 Å². The molecule has 2 heterocycles. The lowest BCUT2D eigenvalue weighted by molar-refractivity contribution is 0.0923. The summed E-state index contributed by atoms with van der Waals surface area (Å²) in [5.74, 6) is -1.90. The van der Waals surface area contributed by atoms with Gasteiger partial charge in [-0.15, -0.1) is 0 Å². The summed E-state index contributed by atoms with van der Waals surface area (Å²) in [6.07, 6.45) is 1.63. The molecule has 0 bridgehead atoms. The number of amides is 3. The van der Waals surface area contributed by atoms with Gasteiger partial charge in [0.1, 0.15) is 5.82 Å². The molecule has 3 amide bonds. The molecule has 0 saturated carbocycles. The van der Waals surface area contributed by atoms with Crippen molar-refractivity contribution in [3.05, 3.63) is 95.1 Å². The third kappa shape index (κ3) is 3.14. The number of carbonyl (C=O) groups is 3. The van der Waals surface area contributed by atoms with Crippen LogP contribution in [0.1, 0.15) is 36.8 Å². The van der Waals surface area contributed by atoms with Gasteiger partial charge in [-0.05, 0) is 54.6 Å². The Hall–Kier alpha value is -3.87. The quantitative estimate of drug-likeness (QED) is 0.711. The zero-order valence-corrected chi connectivity index (χ0v) is 14.6. The molecule has 1 aliphatic heterocycles. The Bertz CT molecular complexity index is 1080. The molecule has 6 nitrogen and oxygen atoms in total. The van der Waals surface area contributed by atoms with Crippen LogP contribution in [0, 0.1) is 5.82 Å². The van der Waals surface area contributed by atoms with E-state index in [1.807, 2.05) is 6.07 Å². The number of aromatic nitrogens is 1. The number of hydrogen-bond acceptors (Lipinski definition) is 4. The van der Waals surface area contributed by atoms with Crippen molar-refractivity contribution in [1.29, 1.82) is 0 Å². The molecule has 2 aromatic carbocycles. The maximum Gasteiger partial charge on any atom is 0.266 e. The number of rotatable bonds is 4. The number of fused-ring (bicyclic) bond motifs is 1. The maximum atomic E-state index is 13.1. The van der Waals surface area contributed by atoms with Gasteiger partial charge >= 0.3 is 0 Å². The number of imide groups is 1. The second-order valence-corrected chi connectivity index (χ2v) is 6.19. The van der Waals surface area contributed by atoms with Crippen molar-refractivity contribution in [3.8, 4) is 0 Å². The van der Waals surface area contributed by atoms with Gasteiger partial charge in [-0.1, -0.05) is 6.07 Å². The Morgan fingerprint density at radius 1 is 0.964 bits per heavy atom. The molecule has 3 aromatic rings. The Morgan fingerprint density at radius 2 is 1.71 bits per heavy atom. The van der Waals surface area contributed by atoms with E-state index in [0.29, 0.717) is 5.69 Å². The minimum Gasteiger partial charge on any atom is -0.346 e. The summed E-state index contributed by atoms with van der Waals surface area (Å²) in [4.78, 5) is 42.8. The van der Waals surface area contributed by atoms with Crippen LogP contribution in [0.4, 0.5) is 10.1 Å². The lowest BCUT2D eigenvalue weighted by atomic mass is 10.1. The molecule has 0 atom stereocenters. The lowest BCUT2D eigenvalue weighted by Crippen LogP contribution is -2.29. The number of anilines is 1. The summed E-state index contributed by atoms with van der Waals surface area (Å²) in [6, 6.07) is 14.8. The fourth-order valence-corrected chi connectivity index (χ4v) is 2.98. The third-order valence-corrected chi connectivity index (χ3v) is 4.39. The van der Waals surface area contributed by atoms with E-state index in [2.05, 4.69) is 10.3 Å². The average molecular weight is 375 g/mol. The molecule has 1 aliphatic rings. The van der Waals surface area contributed by atoms with Crippen molar-refractivity contribution in [3.63, 3.8) is 0 Å². The zero-order valence-electron chi connectivity index (χ0n) is 14.6. The molecule has 0 radical (unpaired) electrons. The van der Waals surface area contributed by atoms with Crippen LogP contribution < -0.4 is 10.2 Å². The number of nitrogens with one attached hydrogen (secondary N) is 1. The van der Waals surface area contributed by atoms with E-state index < -0.39 is 17.6 Å². The van der Waals surface area contributed by atoms with E-state index in [0.717, 1.165) is 4.90 Å². The monoisotopic (exact) mass is 375 g/mol. The summed E-state index contributed by atoms with van der Waals surface area (Å²) in [6.45, 7) is 0.241. The Kier molecular flexibility index (Phi) is 4.41. The highest BCUT2D eigenvalue weighted by Crippen LogP contribution is 2.29. The average Bonchev–Trinajstić information content (AvgIpc) is 2.97. The molecule has 4 rings (SSSR count). The topological polar surface area (TPSA) is 79.4 Å². The molecule has 28 heavy (non-hydrogen) atoms. The number of nitrogens with zero attached hydrogens (tertiary/aromatic N) is 2. The number of carbonyl (C=O) groups excluding carboxylic acids is 3. The molecular formula is C21H14FN3O3. The first-order valence-electron chi connectivity index (χ1n) is 8.51. The second-order valence-electron chi connectivity index (χ2n) is 6.19. The van der Waals surface area contributed by atoms with Crippen molar-refractivity contribution in [2.24, 2.45) is 0 Å². The summed E-state index contributed by atoms with van der Waals surface area (Å²) in [7, 11) is 0. The zero-order chi connectivity index (χ0) is 19.7. The van der Waals surface area contributed by atoms with Crippen molar-refractivity contribution >= 4 is 23.4 Å². The van der Waals surface area contributed by atoms with Crippen molar-refractivity contribution < 1.29 is 18.8 Å². The third-order valence-electron chi connectivity index (χ3n) is 4.39. The van der Waals surface area contributed by atoms with E-state index in [4.69, 9.17) is 0 Å². The molecular weight excluding hydrogens is 361 g/mol. The summed E-state index contributed by atoms with van der Waals surface area (Å²) < 4.78 is 13.1. The van der Waals surface area contributed by atoms with Crippen molar-refractivity contribution in [2.45, 2.75) is 6.54 Å². The van der Waals surface area contributed by atoms with E-state index in [1.165, 1.54) is 42.5 Å². The molecule has 1 N–H and O–H groups in total. The molecule has 7 heteroatoms. The minimum atomic E-state index is -0.550. The molecule has 0 saturated heterocycles. The van der Waals surface area contributed by atoms with Gasteiger partial charge in [0.2, 0.25) is 0 Å². The first-order valence-corrected chi connectivity index (χ1v) is 8.51. The summed E-state index contributed by atoms with van der Waals surface area (Å²) in [5, 5.41) is 2.73. The summed E-state index contributed by atoms with van der Waals surface area (Å²) >= 11 is 0. The Labute approximate surface area is 159 Å². The van der Waals surface area contributed by atoms with Crippen LogP contribution in [0.25, 0.3) is 0 Å². The van der Waals surface area contributed by atoms with Gasteiger partial charge in [0.15, 0.2) is 0 Å². The molecule has 0 fully saturated rings. The molecule has 1 aromatic heterocycles. The number of benzene rings is 2. The predicted octanol–water partition coefficient (Wildman–Crippen LogP) is 2.95. The van der Waals surface area contributed by atoms with Gasteiger partial charge in [-0.2, -0.15) is 0 Å². The van der Waals surface area contributed by atoms with Crippen molar-refractivity contribution in [1.82, 2.24) is 10.3 Å². The van der Waals surface area contributed by atoms with Crippen LogP contribution in [0.5, 0.6) is 0 Å².